The van der Waals surface area contributed by atoms with E-state index in [-0.39, 0.29) is 23.7 Å². The number of carbonyl (C=O) groups is 1. The van der Waals surface area contributed by atoms with E-state index in [2.05, 4.69) is 15.9 Å². The number of fused-ring (bicyclic) bond motifs is 1. The van der Waals surface area contributed by atoms with Crippen molar-refractivity contribution in [2.45, 2.75) is 44.1 Å². The molecule has 4 rings (SSSR count). The van der Waals surface area contributed by atoms with Gasteiger partial charge in [-0.05, 0) is 5.92 Å². The van der Waals surface area contributed by atoms with E-state index in [1.807, 2.05) is 19.9 Å². The molecule has 1 saturated heterocycles. The Morgan fingerprint density at radius 3 is 2.42 bits per heavy atom. The van der Waals surface area contributed by atoms with Crippen LogP contribution in [0.15, 0.2) is 10.6 Å². The van der Waals surface area contributed by atoms with Crippen LogP contribution < -0.4 is 0 Å². The Kier molecular flexibility index (Phi) is 4.73. The van der Waals surface area contributed by atoms with Crippen LogP contribution in [0.25, 0.3) is 0 Å². The van der Waals surface area contributed by atoms with Crippen molar-refractivity contribution in [2.75, 3.05) is 21.3 Å². The first-order chi connectivity index (χ1) is 11.3. The van der Waals surface area contributed by atoms with Gasteiger partial charge in [-0.15, -0.1) is 0 Å². The van der Waals surface area contributed by atoms with E-state index in [0.29, 0.717) is 6.42 Å². The molecule has 136 valence electrons. The third-order valence-corrected chi connectivity index (χ3v) is 6.55. The smallest absolute Gasteiger partial charge is 0.239 e. The largest absolute Gasteiger partial charge is 0.387 e. The van der Waals surface area contributed by atoms with Gasteiger partial charge in [0.05, 0.1) is 12.0 Å². The summed E-state index contributed by atoms with van der Waals surface area (Å²) in [4.78, 5) is 13.0. The Hall–Kier alpha value is -0.310. The Morgan fingerprint density at radius 2 is 1.92 bits per heavy atom. The van der Waals surface area contributed by atoms with Gasteiger partial charge in [-0.2, -0.15) is 0 Å². The van der Waals surface area contributed by atoms with Crippen LogP contribution in [-0.2, 0) is 23.7 Å². The second-order valence-electron chi connectivity index (χ2n) is 7.15. The summed E-state index contributed by atoms with van der Waals surface area (Å²) >= 11 is 3.56. The standard InChI is InChI=1S/C17H25BrO6/c1-8(2)14(19)16(21-3)7-10-9-6-11(18)12(13(10)24-16)17(22-4,23-5)15(9)20/h6,8-10,12-14,19H,7H2,1-5H3/t9-,10+,12+,13+,14+,16-/m0/s1. The van der Waals surface area contributed by atoms with Crippen LogP contribution in [0.1, 0.15) is 20.3 Å². The van der Waals surface area contributed by atoms with Crippen LogP contribution in [0, 0.1) is 23.7 Å². The molecule has 2 bridgehead atoms. The van der Waals surface area contributed by atoms with E-state index in [4.69, 9.17) is 18.9 Å². The average molecular weight is 405 g/mol. The maximum absolute atomic E-state index is 13.0. The molecule has 3 aliphatic carbocycles. The van der Waals surface area contributed by atoms with Crippen LogP contribution >= 0.6 is 15.9 Å². The number of Topliss-reactive ketones (excluding diaryl/α,β-unsaturated/α-hetero) is 1. The fraction of sp³-hybridized carbons (Fsp3) is 0.824. The highest BCUT2D eigenvalue weighted by molar-refractivity contribution is 9.11. The zero-order valence-electron chi connectivity index (χ0n) is 14.6. The van der Waals surface area contributed by atoms with Crippen molar-refractivity contribution < 1.29 is 28.8 Å². The predicted octanol–water partition coefficient (Wildman–Crippen LogP) is 1.85. The summed E-state index contributed by atoms with van der Waals surface area (Å²) in [5.74, 6) is -3.52. The fourth-order valence-electron chi connectivity index (χ4n) is 4.56. The van der Waals surface area contributed by atoms with Crippen LogP contribution in [0.2, 0.25) is 0 Å². The molecular formula is C17H25BrO6. The summed E-state index contributed by atoms with van der Waals surface area (Å²) in [5, 5.41) is 10.7. The average Bonchev–Trinajstić information content (AvgIpc) is 2.97. The number of allylic oxidation sites excluding steroid dienone is 1. The number of ketones is 1. The summed E-state index contributed by atoms with van der Waals surface area (Å²) in [6, 6.07) is 0. The van der Waals surface area contributed by atoms with Gasteiger partial charge in [-0.1, -0.05) is 35.9 Å². The molecule has 0 aromatic heterocycles. The summed E-state index contributed by atoms with van der Waals surface area (Å²) in [6.45, 7) is 3.83. The zero-order chi connectivity index (χ0) is 17.9. The minimum absolute atomic E-state index is 0.0375. The molecule has 1 heterocycles. The van der Waals surface area contributed by atoms with Gasteiger partial charge >= 0.3 is 0 Å². The number of hydrogen-bond acceptors (Lipinski definition) is 6. The molecule has 0 amide bonds. The summed E-state index contributed by atoms with van der Waals surface area (Å²) < 4.78 is 23.8. The van der Waals surface area contributed by atoms with Gasteiger partial charge in [0.15, 0.2) is 11.6 Å². The molecule has 0 aromatic rings. The van der Waals surface area contributed by atoms with Crippen molar-refractivity contribution in [3.05, 3.63) is 10.6 Å². The van der Waals surface area contributed by atoms with Crippen molar-refractivity contribution >= 4 is 21.7 Å². The lowest BCUT2D eigenvalue weighted by molar-refractivity contribution is -0.297. The molecular weight excluding hydrogens is 380 g/mol. The lowest BCUT2D eigenvalue weighted by Crippen LogP contribution is -2.64. The highest BCUT2D eigenvalue weighted by Gasteiger charge is 2.69. The van der Waals surface area contributed by atoms with Gasteiger partial charge < -0.3 is 24.1 Å². The minimum Gasteiger partial charge on any atom is -0.387 e. The van der Waals surface area contributed by atoms with Crippen LogP contribution in [0.5, 0.6) is 0 Å². The molecule has 0 unspecified atom stereocenters. The minimum atomic E-state index is -1.37. The number of aliphatic hydroxyl groups is 1. The van der Waals surface area contributed by atoms with E-state index in [1.165, 1.54) is 21.3 Å². The number of carbonyl (C=O) groups excluding carboxylic acids is 1. The maximum Gasteiger partial charge on any atom is 0.239 e. The van der Waals surface area contributed by atoms with E-state index in [9.17, 15) is 9.90 Å². The summed E-state index contributed by atoms with van der Waals surface area (Å²) in [7, 11) is 4.48. The lowest BCUT2D eigenvalue weighted by Gasteiger charge is -2.51. The first-order valence-electron chi connectivity index (χ1n) is 8.20. The zero-order valence-corrected chi connectivity index (χ0v) is 16.2. The molecule has 1 N–H and O–H groups in total. The van der Waals surface area contributed by atoms with Crippen LogP contribution in [-0.4, -0.2) is 56.0 Å². The molecule has 1 aliphatic heterocycles. The molecule has 6 nitrogen and oxygen atoms in total. The number of hydrogen-bond donors (Lipinski definition) is 1. The van der Waals surface area contributed by atoms with Gasteiger partial charge in [0.1, 0.15) is 6.10 Å². The van der Waals surface area contributed by atoms with Crippen molar-refractivity contribution in [3.8, 4) is 0 Å². The van der Waals surface area contributed by atoms with Crippen molar-refractivity contribution in [1.82, 2.24) is 0 Å². The number of rotatable bonds is 5. The highest BCUT2D eigenvalue weighted by Crippen LogP contribution is 2.59. The molecule has 1 saturated carbocycles. The van der Waals surface area contributed by atoms with E-state index in [1.54, 1.807) is 0 Å². The summed E-state index contributed by atoms with van der Waals surface area (Å²) in [5.41, 5.74) is 0. The molecule has 24 heavy (non-hydrogen) atoms. The third kappa shape index (κ3) is 2.22. The van der Waals surface area contributed by atoms with E-state index < -0.39 is 29.5 Å². The molecule has 0 spiro atoms. The molecule has 2 fully saturated rings. The molecule has 7 heteroatoms. The van der Waals surface area contributed by atoms with Gasteiger partial charge in [0.2, 0.25) is 5.79 Å². The number of aliphatic hydroxyl groups excluding tert-OH is 1. The number of methoxy groups -OCH3 is 3. The van der Waals surface area contributed by atoms with Gasteiger partial charge in [-0.25, -0.2) is 0 Å². The highest BCUT2D eigenvalue weighted by atomic mass is 79.9. The normalized spacial score (nSPS) is 41.5. The Bertz CT molecular complexity index is 557. The Morgan fingerprint density at radius 1 is 1.29 bits per heavy atom. The topological polar surface area (TPSA) is 74.2 Å². The molecule has 6 atom stereocenters. The maximum atomic E-state index is 13.0. The fourth-order valence-corrected chi connectivity index (χ4v) is 5.40. The molecule has 0 radical (unpaired) electrons. The molecule has 4 aliphatic rings. The van der Waals surface area contributed by atoms with Crippen LogP contribution in [0.4, 0.5) is 0 Å². The van der Waals surface area contributed by atoms with E-state index in [0.717, 1.165) is 4.48 Å². The van der Waals surface area contributed by atoms with Crippen molar-refractivity contribution in [1.29, 1.82) is 0 Å². The van der Waals surface area contributed by atoms with Crippen LogP contribution in [0.3, 0.4) is 0 Å². The van der Waals surface area contributed by atoms with Gasteiger partial charge in [-0.3, -0.25) is 4.79 Å². The number of ether oxygens (including phenoxy) is 4. The monoisotopic (exact) mass is 404 g/mol. The van der Waals surface area contributed by atoms with E-state index >= 15 is 0 Å². The Labute approximate surface area is 150 Å². The lowest BCUT2D eigenvalue weighted by atomic mass is 9.62. The number of halogens is 1. The second kappa shape index (κ2) is 6.14. The quantitative estimate of drug-likeness (QED) is 0.704. The molecule has 0 aromatic carbocycles. The predicted molar refractivity (Wildman–Crippen MR) is 89.3 cm³/mol. The summed E-state index contributed by atoms with van der Waals surface area (Å²) in [6.07, 6.45) is 1.25. The SMILES string of the molecule is COC1(OC)C(=O)[C@H]2C=C(Br)[C@@H]1[C@@H]1O[C@](OC)([C@H](O)C(C)C)C[C@@H]12. The first-order valence-corrected chi connectivity index (χ1v) is 9.00. The van der Waals surface area contributed by atoms with Gasteiger partial charge in [0.25, 0.3) is 0 Å². The third-order valence-electron chi connectivity index (χ3n) is 5.79. The van der Waals surface area contributed by atoms with Gasteiger partial charge in [0, 0.05) is 44.1 Å². The Balaban J connectivity index is 2.03. The van der Waals surface area contributed by atoms with Crippen molar-refractivity contribution in [3.63, 3.8) is 0 Å². The van der Waals surface area contributed by atoms with Crippen molar-refractivity contribution in [2.24, 2.45) is 23.7 Å². The second-order valence-corrected chi connectivity index (χ2v) is 8.07. The first kappa shape index (κ1) is 18.5.